The molecule has 168 valence electrons. The Morgan fingerprint density at radius 1 is 1.03 bits per heavy atom. The number of ether oxygens (including phenoxy) is 1. The molecule has 2 aromatic carbocycles. The van der Waals surface area contributed by atoms with E-state index in [1.54, 1.807) is 41.7 Å². The normalized spacial score (nSPS) is 10.9. The van der Waals surface area contributed by atoms with Crippen LogP contribution in [0, 0.1) is 13.8 Å². The van der Waals surface area contributed by atoms with Gasteiger partial charge in [-0.05, 0) is 73.0 Å². The summed E-state index contributed by atoms with van der Waals surface area (Å²) >= 11 is 3.09. The van der Waals surface area contributed by atoms with Gasteiger partial charge >= 0.3 is 5.97 Å². The number of nitrogens with zero attached hydrogens (tertiary/aromatic N) is 2. The zero-order valence-corrected chi connectivity index (χ0v) is 20.0. The van der Waals surface area contributed by atoms with Gasteiger partial charge in [0.2, 0.25) is 0 Å². The number of aromatic carboxylic acids is 1. The fraction of sp³-hybridized carbons (Fsp3) is 0.160. The van der Waals surface area contributed by atoms with E-state index in [1.807, 2.05) is 32.0 Å². The van der Waals surface area contributed by atoms with Crippen LogP contribution in [0.1, 0.15) is 27.3 Å². The highest BCUT2D eigenvalue weighted by Crippen LogP contribution is 2.42. The van der Waals surface area contributed by atoms with Crippen LogP contribution in [0.3, 0.4) is 0 Å². The Bertz CT molecular complexity index is 1310. The van der Waals surface area contributed by atoms with Gasteiger partial charge in [0.25, 0.3) is 0 Å². The number of carboxylic acids is 1. The molecular weight excluding hydrogens is 456 g/mol. The number of thioether (sulfide) groups is 1. The molecule has 4 aromatic rings. The van der Waals surface area contributed by atoms with E-state index in [4.69, 9.17) is 4.74 Å². The van der Waals surface area contributed by atoms with E-state index >= 15 is 0 Å². The fourth-order valence-corrected chi connectivity index (χ4v) is 5.65. The van der Waals surface area contributed by atoms with Crippen LogP contribution in [0.25, 0.3) is 20.9 Å². The smallest absolute Gasteiger partial charge is 0.335 e. The molecule has 0 aliphatic rings. The van der Waals surface area contributed by atoms with E-state index in [2.05, 4.69) is 16.0 Å². The Morgan fingerprint density at radius 2 is 1.79 bits per heavy atom. The van der Waals surface area contributed by atoms with Crippen molar-refractivity contribution in [3.63, 3.8) is 0 Å². The Labute approximate surface area is 199 Å². The first-order chi connectivity index (χ1) is 15.8. The summed E-state index contributed by atoms with van der Waals surface area (Å²) in [5, 5.41) is 20.4. The minimum absolute atomic E-state index is 0.0670. The van der Waals surface area contributed by atoms with Gasteiger partial charge in [-0.3, -0.25) is 0 Å². The summed E-state index contributed by atoms with van der Waals surface area (Å²) < 4.78 is 5.16. The second-order valence-electron chi connectivity index (χ2n) is 7.46. The molecule has 0 radical (unpaired) electrons. The number of thiophene rings is 1. The van der Waals surface area contributed by atoms with Crippen LogP contribution in [0.4, 0.5) is 0 Å². The molecule has 0 atom stereocenters. The lowest BCUT2D eigenvalue weighted by Gasteiger charge is -2.06. The molecule has 0 aliphatic heterocycles. The van der Waals surface area contributed by atoms with Gasteiger partial charge in [-0.1, -0.05) is 23.9 Å². The van der Waals surface area contributed by atoms with Crippen molar-refractivity contribution >= 4 is 29.1 Å². The lowest BCUT2D eigenvalue weighted by Crippen LogP contribution is -1.96. The average molecular weight is 479 g/mol. The van der Waals surface area contributed by atoms with Crippen LogP contribution in [-0.4, -0.2) is 33.3 Å². The van der Waals surface area contributed by atoms with Crippen LogP contribution < -0.4 is 4.74 Å². The van der Waals surface area contributed by atoms with Crippen LogP contribution in [0.2, 0.25) is 0 Å². The number of carbonyl (C=O) groups is 1. The van der Waals surface area contributed by atoms with Crippen LogP contribution in [-0.2, 0) is 5.75 Å². The maximum Gasteiger partial charge on any atom is 0.335 e. The number of rotatable bonds is 7. The van der Waals surface area contributed by atoms with Gasteiger partial charge in [-0.25, -0.2) is 14.8 Å². The van der Waals surface area contributed by atoms with Crippen molar-refractivity contribution < 1.29 is 19.7 Å². The lowest BCUT2D eigenvalue weighted by molar-refractivity contribution is 0.0697. The summed E-state index contributed by atoms with van der Waals surface area (Å²) in [4.78, 5) is 22.5. The zero-order valence-electron chi connectivity index (χ0n) is 18.3. The van der Waals surface area contributed by atoms with Crippen molar-refractivity contribution in [2.24, 2.45) is 0 Å². The molecule has 0 saturated heterocycles. The van der Waals surface area contributed by atoms with Crippen molar-refractivity contribution in [2.75, 3.05) is 7.11 Å². The van der Waals surface area contributed by atoms with Crippen LogP contribution in [0.5, 0.6) is 11.5 Å². The number of hydrogen-bond acceptors (Lipinski definition) is 7. The Kier molecular flexibility index (Phi) is 6.67. The molecule has 2 aromatic heterocycles. The number of phenolic OH excluding ortho intramolecular Hbond substituents is 1. The van der Waals surface area contributed by atoms with Crippen molar-refractivity contribution in [3.05, 3.63) is 77.1 Å². The molecule has 0 spiro atoms. The molecule has 0 unspecified atom stereocenters. The molecule has 6 nitrogen and oxygen atoms in total. The van der Waals surface area contributed by atoms with Crippen molar-refractivity contribution in [2.45, 2.75) is 24.8 Å². The summed E-state index contributed by atoms with van der Waals surface area (Å²) in [7, 11) is 1.51. The molecular formula is C25H22N2O4S2. The number of methoxy groups -OCH3 is 1. The number of carboxylic acid groups (broad SMARTS) is 1. The quantitative estimate of drug-likeness (QED) is 0.241. The fourth-order valence-electron chi connectivity index (χ4n) is 3.46. The monoisotopic (exact) mass is 478 g/mol. The van der Waals surface area contributed by atoms with Gasteiger partial charge in [0.15, 0.2) is 16.7 Å². The molecule has 0 amide bonds. The highest BCUT2D eigenvalue weighted by Gasteiger charge is 2.16. The maximum atomic E-state index is 11.5. The van der Waals surface area contributed by atoms with E-state index in [0.717, 1.165) is 37.8 Å². The first kappa shape index (κ1) is 22.8. The number of aromatic hydroxyl groups is 1. The van der Waals surface area contributed by atoms with Crippen LogP contribution in [0.15, 0.2) is 59.8 Å². The highest BCUT2D eigenvalue weighted by molar-refractivity contribution is 7.98. The number of hydrogen-bond donors (Lipinski definition) is 2. The Balaban J connectivity index is 1.75. The number of aromatic nitrogens is 2. The molecule has 4 rings (SSSR count). The SMILES string of the molecule is COc1ccc(-c2cc(CSc3nc(C)cc(C)n3)c(-c3cccc(C(=O)O)c3)s2)cc1O. The third-order valence-corrected chi connectivity index (χ3v) is 7.13. The number of phenols is 1. The molecule has 0 bridgehead atoms. The average Bonchev–Trinajstić information content (AvgIpc) is 3.21. The summed E-state index contributed by atoms with van der Waals surface area (Å²) in [6, 6.07) is 16.2. The Hall–Kier alpha value is -3.36. The van der Waals surface area contributed by atoms with Gasteiger partial charge < -0.3 is 14.9 Å². The number of aryl methyl sites for hydroxylation is 2. The summed E-state index contributed by atoms with van der Waals surface area (Å²) in [5.41, 5.74) is 4.80. The summed E-state index contributed by atoms with van der Waals surface area (Å²) in [6.45, 7) is 3.89. The molecule has 33 heavy (non-hydrogen) atoms. The van der Waals surface area contributed by atoms with Gasteiger partial charge in [0.1, 0.15) is 0 Å². The van der Waals surface area contributed by atoms with Crippen molar-refractivity contribution in [1.82, 2.24) is 9.97 Å². The molecule has 2 heterocycles. The van der Waals surface area contributed by atoms with Gasteiger partial charge in [0, 0.05) is 26.9 Å². The maximum absolute atomic E-state index is 11.5. The first-order valence-corrected chi connectivity index (χ1v) is 11.9. The van der Waals surface area contributed by atoms with Gasteiger partial charge in [0.05, 0.1) is 12.7 Å². The van der Waals surface area contributed by atoms with E-state index < -0.39 is 5.97 Å². The minimum Gasteiger partial charge on any atom is -0.504 e. The van der Waals surface area contributed by atoms with Gasteiger partial charge in [-0.2, -0.15) is 0 Å². The van der Waals surface area contributed by atoms with Crippen LogP contribution >= 0.6 is 23.1 Å². The predicted molar refractivity (Wildman–Crippen MR) is 131 cm³/mol. The third kappa shape index (κ3) is 5.18. The highest BCUT2D eigenvalue weighted by atomic mass is 32.2. The first-order valence-electron chi connectivity index (χ1n) is 10.1. The molecule has 8 heteroatoms. The second-order valence-corrected chi connectivity index (χ2v) is 9.45. The van der Waals surface area contributed by atoms with Crippen molar-refractivity contribution in [3.8, 4) is 32.4 Å². The van der Waals surface area contributed by atoms with E-state index in [0.29, 0.717) is 16.7 Å². The summed E-state index contributed by atoms with van der Waals surface area (Å²) in [5.74, 6) is 0.131. The topological polar surface area (TPSA) is 92.5 Å². The summed E-state index contributed by atoms with van der Waals surface area (Å²) in [6.07, 6.45) is 0. The predicted octanol–water partition coefficient (Wildman–Crippen LogP) is 6.19. The molecule has 0 fully saturated rings. The van der Waals surface area contributed by atoms with Gasteiger partial charge in [-0.15, -0.1) is 11.3 Å². The molecule has 0 aliphatic carbocycles. The third-order valence-electron chi connectivity index (χ3n) is 4.96. The van der Waals surface area contributed by atoms with E-state index in [9.17, 15) is 15.0 Å². The Morgan fingerprint density at radius 3 is 2.45 bits per heavy atom. The number of benzene rings is 2. The van der Waals surface area contributed by atoms with E-state index in [1.165, 1.54) is 18.9 Å². The van der Waals surface area contributed by atoms with E-state index in [-0.39, 0.29) is 11.3 Å². The minimum atomic E-state index is -0.965. The van der Waals surface area contributed by atoms with Crippen molar-refractivity contribution in [1.29, 1.82) is 0 Å². The molecule has 2 N–H and O–H groups in total. The largest absolute Gasteiger partial charge is 0.504 e. The lowest BCUT2D eigenvalue weighted by atomic mass is 10.1. The second kappa shape index (κ2) is 9.64. The zero-order chi connectivity index (χ0) is 23.5. The molecule has 0 saturated carbocycles. The standard InChI is InChI=1S/C25H22N2O4S2/c1-14-9-15(2)27-25(26-14)32-13-19-12-22(16-7-8-21(31-3)20(28)11-16)33-23(19)17-5-4-6-18(10-17)24(29)30/h4-12,28H,13H2,1-3H3,(H,29,30).